The molecule has 0 fully saturated rings. The van der Waals surface area contributed by atoms with Crippen LogP contribution in [0.3, 0.4) is 0 Å². The molecule has 0 aliphatic carbocycles. The summed E-state index contributed by atoms with van der Waals surface area (Å²) in [4.78, 5) is 0. The minimum atomic E-state index is 0.0839. The van der Waals surface area contributed by atoms with Gasteiger partial charge < -0.3 is 0 Å². The van der Waals surface area contributed by atoms with Gasteiger partial charge in [-0.25, -0.2) is 0 Å². The normalized spacial score (nSPS) is 16.6. The van der Waals surface area contributed by atoms with Crippen LogP contribution in [0.2, 0.25) is 0 Å². The number of halogens is 1. The third-order valence-corrected chi connectivity index (χ3v) is 7.46. The fourth-order valence-corrected chi connectivity index (χ4v) is 6.60. The fourth-order valence-electron chi connectivity index (χ4n) is 4.45. The summed E-state index contributed by atoms with van der Waals surface area (Å²) in [5.74, 6) is 1.31. The Morgan fingerprint density at radius 1 is 0.720 bits per heavy atom. The molecule has 25 heavy (non-hydrogen) atoms. The first-order valence-electron chi connectivity index (χ1n) is 9.65. The van der Waals surface area contributed by atoms with Gasteiger partial charge in [-0.15, -0.1) is 0 Å². The minimum Gasteiger partial charge on any atom is -0.0727 e. The summed E-state index contributed by atoms with van der Waals surface area (Å²) >= 11 is 2.81. The monoisotopic (exact) mass is 448 g/mol. The van der Waals surface area contributed by atoms with E-state index < -0.39 is 0 Å². The van der Waals surface area contributed by atoms with Crippen molar-refractivity contribution in [2.45, 2.75) is 62.7 Å². The van der Waals surface area contributed by atoms with Crippen molar-refractivity contribution in [1.29, 1.82) is 0 Å². The van der Waals surface area contributed by atoms with Gasteiger partial charge in [0.05, 0.1) is 3.42 Å². The van der Waals surface area contributed by atoms with Crippen LogP contribution in [-0.2, 0) is 8.84 Å². The quantitative estimate of drug-likeness (QED) is 0.286. The molecule has 0 bridgehead atoms. The van der Waals surface area contributed by atoms with Gasteiger partial charge in [-0.3, -0.25) is 0 Å². The zero-order valence-corrected chi connectivity index (χ0v) is 18.6. The van der Waals surface area contributed by atoms with Gasteiger partial charge in [0.1, 0.15) is 0 Å². The summed E-state index contributed by atoms with van der Waals surface area (Å²) in [5.41, 5.74) is 3.09. The summed E-state index contributed by atoms with van der Waals surface area (Å²) in [7, 11) is 0. The maximum atomic E-state index is 2.81. The van der Waals surface area contributed by atoms with Crippen LogP contribution in [0, 0.1) is 11.8 Å². The minimum absolute atomic E-state index is 0.0839. The van der Waals surface area contributed by atoms with Crippen molar-refractivity contribution >= 4 is 22.6 Å². The molecule has 0 aliphatic rings. The molecule has 0 saturated carbocycles. The van der Waals surface area contributed by atoms with Crippen LogP contribution < -0.4 is 0 Å². The molecule has 0 aromatic heterocycles. The van der Waals surface area contributed by atoms with E-state index in [9.17, 15) is 0 Å². The van der Waals surface area contributed by atoms with Gasteiger partial charge in [-0.1, -0.05) is 118 Å². The first-order valence-corrected chi connectivity index (χ1v) is 10.7. The molecular weight excluding hydrogens is 415 g/mol. The zero-order valence-electron chi connectivity index (χ0n) is 16.4. The van der Waals surface area contributed by atoms with Crippen molar-refractivity contribution in [1.82, 2.24) is 0 Å². The van der Waals surface area contributed by atoms with E-state index in [2.05, 4.69) is 118 Å². The van der Waals surface area contributed by atoms with Gasteiger partial charge in [0, 0.05) is 5.41 Å². The van der Waals surface area contributed by atoms with Gasteiger partial charge in [0.2, 0.25) is 0 Å². The van der Waals surface area contributed by atoms with Gasteiger partial charge in [-0.05, 0) is 42.2 Å². The second kappa shape index (κ2) is 8.70. The van der Waals surface area contributed by atoms with Crippen molar-refractivity contribution in [2.24, 2.45) is 11.8 Å². The van der Waals surface area contributed by atoms with Gasteiger partial charge in [0.25, 0.3) is 0 Å². The molecule has 0 radical (unpaired) electrons. The van der Waals surface area contributed by atoms with Crippen LogP contribution in [0.4, 0.5) is 0 Å². The fraction of sp³-hybridized carbons (Fsp3) is 0.500. The molecule has 0 heterocycles. The lowest BCUT2D eigenvalue weighted by molar-refractivity contribution is 0.229. The number of hydrogen-bond acceptors (Lipinski definition) is 0. The molecule has 0 N–H and O–H groups in total. The van der Waals surface area contributed by atoms with Gasteiger partial charge >= 0.3 is 0 Å². The molecule has 0 aliphatic heterocycles. The summed E-state index contributed by atoms with van der Waals surface area (Å²) < 4.78 is 0.0839. The molecule has 136 valence electrons. The highest BCUT2D eigenvalue weighted by molar-refractivity contribution is 14.1. The first kappa shape index (κ1) is 20.5. The lowest BCUT2D eigenvalue weighted by Gasteiger charge is -2.50. The van der Waals surface area contributed by atoms with E-state index in [1.807, 2.05) is 0 Å². The predicted molar refractivity (Wildman–Crippen MR) is 119 cm³/mol. The molecule has 0 nitrogen and oxygen atoms in total. The number of rotatable bonds is 8. The Morgan fingerprint density at radius 2 is 1.16 bits per heavy atom. The topological polar surface area (TPSA) is 0 Å². The van der Waals surface area contributed by atoms with Crippen molar-refractivity contribution in [2.75, 3.05) is 0 Å². The van der Waals surface area contributed by atoms with Crippen molar-refractivity contribution in [3.05, 3.63) is 71.8 Å². The largest absolute Gasteiger partial charge is 0.0727 e. The van der Waals surface area contributed by atoms with E-state index in [0.29, 0.717) is 11.8 Å². The Balaban J connectivity index is 2.73. The smallest absolute Gasteiger partial charge is 0.0568 e. The van der Waals surface area contributed by atoms with Crippen LogP contribution in [0.25, 0.3) is 0 Å². The van der Waals surface area contributed by atoms with Crippen LogP contribution >= 0.6 is 22.6 Å². The zero-order chi connectivity index (χ0) is 18.5. The Hall–Kier alpha value is -0.830. The summed E-state index contributed by atoms with van der Waals surface area (Å²) in [6.45, 7) is 11.8. The SMILES string of the molecule is CCC(CC(C)C)(c1ccccc1)C(I)(CC(C)C)c1ccccc1. The van der Waals surface area contributed by atoms with Gasteiger partial charge in [0.15, 0.2) is 0 Å². The maximum absolute atomic E-state index is 2.81. The number of hydrogen-bond donors (Lipinski definition) is 0. The Kier molecular flexibility index (Phi) is 7.13. The van der Waals surface area contributed by atoms with Crippen LogP contribution in [0.1, 0.15) is 65.0 Å². The molecule has 0 amide bonds. The number of benzene rings is 2. The highest BCUT2D eigenvalue weighted by atomic mass is 127. The molecule has 0 spiro atoms. The van der Waals surface area contributed by atoms with E-state index in [-0.39, 0.29) is 8.84 Å². The summed E-state index contributed by atoms with van der Waals surface area (Å²) in [5, 5.41) is 0. The van der Waals surface area contributed by atoms with E-state index in [4.69, 9.17) is 0 Å². The Labute approximate surface area is 168 Å². The lowest BCUT2D eigenvalue weighted by atomic mass is 9.60. The molecule has 2 atom stereocenters. The third-order valence-electron chi connectivity index (χ3n) is 5.37. The Morgan fingerprint density at radius 3 is 1.56 bits per heavy atom. The summed E-state index contributed by atoms with van der Waals surface area (Å²) in [6.07, 6.45) is 3.55. The second-order valence-corrected chi connectivity index (χ2v) is 10.0. The molecule has 2 aromatic carbocycles. The molecule has 1 heteroatoms. The average Bonchev–Trinajstić information content (AvgIpc) is 2.60. The van der Waals surface area contributed by atoms with E-state index in [1.54, 1.807) is 0 Å². The van der Waals surface area contributed by atoms with E-state index in [1.165, 1.54) is 24.0 Å². The van der Waals surface area contributed by atoms with E-state index >= 15 is 0 Å². The molecule has 2 rings (SSSR count). The van der Waals surface area contributed by atoms with Crippen LogP contribution in [0.15, 0.2) is 60.7 Å². The highest BCUT2D eigenvalue weighted by Crippen LogP contribution is 2.57. The molecule has 2 aromatic rings. The summed E-state index contributed by atoms with van der Waals surface area (Å²) in [6, 6.07) is 22.5. The lowest BCUT2D eigenvalue weighted by Crippen LogP contribution is -2.46. The predicted octanol–water partition coefficient (Wildman–Crippen LogP) is 7.76. The standard InChI is InChI=1S/C24H33I/c1-6-23(17-19(2)3,21-13-9-7-10-14-21)24(25,18-20(4)5)22-15-11-8-12-16-22/h7-16,19-20H,6,17-18H2,1-5H3. The first-order chi connectivity index (χ1) is 11.9. The van der Waals surface area contributed by atoms with Crippen LogP contribution in [-0.4, -0.2) is 0 Å². The van der Waals surface area contributed by atoms with Crippen molar-refractivity contribution in [3.63, 3.8) is 0 Å². The van der Waals surface area contributed by atoms with E-state index in [0.717, 1.165) is 6.42 Å². The third kappa shape index (κ3) is 4.30. The highest BCUT2D eigenvalue weighted by Gasteiger charge is 2.50. The molecule has 2 unspecified atom stereocenters. The Bertz CT molecular complexity index is 632. The van der Waals surface area contributed by atoms with Crippen molar-refractivity contribution < 1.29 is 0 Å². The average molecular weight is 448 g/mol. The maximum Gasteiger partial charge on any atom is 0.0568 e. The molecular formula is C24H33I. The van der Waals surface area contributed by atoms with Crippen LogP contribution in [0.5, 0.6) is 0 Å². The number of alkyl halides is 1. The van der Waals surface area contributed by atoms with Crippen molar-refractivity contribution in [3.8, 4) is 0 Å². The second-order valence-electron chi connectivity index (χ2n) is 8.16. The molecule has 0 saturated heterocycles. The van der Waals surface area contributed by atoms with Gasteiger partial charge in [-0.2, -0.15) is 0 Å².